The SMILES string of the molecule is CNCc1ccc(CN2c3ccccc3N(c3ccccc3F)S2(=O)=O)cc1. The third kappa shape index (κ3) is 3.12. The summed E-state index contributed by atoms with van der Waals surface area (Å²) in [4.78, 5) is 0. The van der Waals surface area contributed by atoms with Crippen LogP contribution in [0.2, 0.25) is 0 Å². The molecule has 28 heavy (non-hydrogen) atoms. The van der Waals surface area contributed by atoms with Gasteiger partial charge in [0, 0.05) is 6.54 Å². The predicted octanol–water partition coefficient (Wildman–Crippen LogP) is 3.95. The number of nitrogens with zero attached hydrogens (tertiary/aromatic N) is 2. The first-order chi connectivity index (χ1) is 13.5. The number of nitrogens with one attached hydrogen (secondary N) is 1. The maximum Gasteiger partial charge on any atom is 0.331 e. The van der Waals surface area contributed by atoms with E-state index in [1.807, 2.05) is 31.3 Å². The molecule has 5 nitrogen and oxygen atoms in total. The van der Waals surface area contributed by atoms with Crippen molar-refractivity contribution < 1.29 is 12.8 Å². The summed E-state index contributed by atoms with van der Waals surface area (Å²) in [6, 6.07) is 20.6. The van der Waals surface area contributed by atoms with Crippen LogP contribution in [-0.2, 0) is 23.3 Å². The highest BCUT2D eigenvalue weighted by Crippen LogP contribution is 2.46. The van der Waals surface area contributed by atoms with E-state index >= 15 is 0 Å². The Balaban J connectivity index is 1.75. The van der Waals surface area contributed by atoms with E-state index in [-0.39, 0.29) is 12.2 Å². The van der Waals surface area contributed by atoms with Gasteiger partial charge in [-0.1, -0.05) is 48.5 Å². The van der Waals surface area contributed by atoms with Crippen LogP contribution in [0.3, 0.4) is 0 Å². The van der Waals surface area contributed by atoms with Gasteiger partial charge in [0.05, 0.1) is 23.6 Å². The van der Waals surface area contributed by atoms with Gasteiger partial charge in [-0.15, -0.1) is 0 Å². The van der Waals surface area contributed by atoms with Crippen LogP contribution in [0.4, 0.5) is 21.5 Å². The predicted molar refractivity (Wildman–Crippen MR) is 109 cm³/mol. The molecule has 0 radical (unpaired) electrons. The van der Waals surface area contributed by atoms with Crippen LogP contribution in [0, 0.1) is 5.82 Å². The van der Waals surface area contributed by atoms with Crippen molar-refractivity contribution in [2.75, 3.05) is 15.7 Å². The molecule has 144 valence electrons. The van der Waals surface area contributed by atoms with Gasteiger partial charge in [0.15, 0.2) is 0 Å². The second kappa shape index (κ2) is 7.26. The lowest BCUT2D eigenvalue weighted by Gasteiger charge is -2.22. The Hall–Kier alpha value is -2.90. The Morgan fingerprint density at radius 1 is 0.821 bits per heavy atom. The van der Waals surface area contributed by atoms with Crippen LogP contribution >= 0.6 is 0 Å². The van der Waals surface area contributed by atoms with E-state index in [0.717, 1.165) is 22.0 Å². The maximum atomic E-state index is 14.4. The van der Waals surface area contributed by atoms with Crippen molar-refractivity contribution in [1.29, 1.82) is 0 Å². The van der Waals surface area contributed by atoms with E-state index in [1.165, 1.54) is 22.5 Å². The minimum Gasteiger partial charge on any atom is -0.316 e. The minimum absolute atomic E-state index is 0.0156. The highest BCUT2D eigenvalue weighted by molar-refractivity contribution is 7.95. The molecule has 0 amide bonds. The second-order valence-corrected chi connectivity index (χ2v) is 8.27. The van der Waals surface area contributed by atoms with Crippen molar-refractivity contribution in [3.05, 3.63) is 89.7 Å². The summed E-state index contributed by atoms with van der Waals surface area (Å²) in [5.74, 6) is -0.584. The van der Waals surface area contributed by atoms with Gasteiger partial charge in [0.1, 0.15) is 5.82 Å². The fourth-order valence-corrected chi connectivity index (χ4v) is 5.08. The number of fused-ring (bicyclic) bond motifs is 1. The number of rotatable bonds is 5. The van der Waals surface area contributed by atoms with Gasteiger partial charge in [0.2, 0.25) is 0 Å². The van der Waals surface area contributed by atoms with Crippen molar-refractivity contribution in [1.82, 2.24) is 5.32 Å². The maximum absolute atomic E-state index is 14.4. The molecule has 1 aliphatic heterocycles. The Bertz CT molecular complexity index is 1100. The summed E-state index contributed by atoms with van der Waals surface area (Å²) in [7, 11) is -2.09. The fourth-order valence-electron chi connectivity index (χ4n) is 3.36. The van der Waals surface area contributed by atoms with E-state index in [1.54, 1.807) is 30.3 Å². The number of benzene rings is 3. The summed E-state index contributed by atoms with van der Waals surface area (Å²) in [5, 5.41) is 3.08. The molecule has 0 saturated carbocycles. The topological polar surface area (TPSA) is 52.6 Å². The summed E-state index contributed by atoms with van der Waals surface area (Å²) in [5.41, 5.74) is 2.96. The smallest absolute Gasteiger partial charge is 0.316 e. The molecule has 1 N–H and O–H groups in total. The number of para-hydroxylation sites is 3. The number of hydrogen-bond donors (Lipinski definition) is 1. The first kappa shape index (κ1) is 18.5. The Morgan fingerprint density at radius 2 is 1.39 bits per heavy atom. The molecule has 1 aliphatic rings. The molecule has 1 heterocycles. The first-order valence-electron chi connectivity index (χ1n) is 8.91. The van der Waals surface area contributed by atoms with Gasteiger partial charge in [-0.3, -0.25) is 0 Å². The Labute approximate surface area is 164 Å². The summed E-state index contributed by atoms with van der Waals surface area (Å²) < 4.78 is 43.5. The molecule has 0 atom stereocenters. The summed E-state index contributed by atoms with van der Waals surface area (Å²) in [6.45, 7) is 0.913. The minimum atomic E-state index is -3.97. The van der Waals surface area contributed by atoms with Crippen molar-refractivity contribution in [3.63, 3.8) is 0 Å². The zero-order valence-electron chi connectivity index (χ0n) is 15.3. The lowest BCUT2D eigenvalue weighted by atomic mass is 10.1. The molecular formula is C21H20FN3O2S. The van der Waals surface area contributed by atoms with E-state index in [4.69, 9.17) is 0 Å². The van der Waals surface area contributed by atoms with Crippen molar-refractivity contribution >= 4 is 27.3 Å². The van der Waals surface area contributed by atoms with Crippen molar-refractivity contribution in [2.45, 2.75) is 13.1 Å². The molecular weight excluding hydrogens is 377 g/mol. The van der Waals surface area contributed by atoms with Crippen LogP contribution in [0.5, 0.6) is 0 Å². The fraction of sp³-hybridized carbons (Fsp3) is 0.143. The molecule has 0 unspecified atom stereocenters. The van der Waals surface area contributed by atoms with Crippen LogP contribution < -0.4 is 13.9 Å². The van der Waals surface area contributed by atoms with Gasteiger partial charge < -0.3 is 5.32 Å². The Kier molecular flexibility index (Phi) is 4.78. The second-order valence-electron chi connectivity index (χ2n) is 6.57. The van der Waals surface area contributed by atoms with E-state index in [9.17, 15) is 12.8 Å². The molecule has 0 saturated heterocycles. The van der Waals surface area contributed by atoms with E-state index in [0.29, 0.717) is 11.4 Å². The van der Waals surface area contributed by atoms with Crippen LogP contribution in [0.25, 0.3) is 0 Å². The normalized spacial score (nSPS) is 14.9. The van der Waals surface area contributed by atoms with Gasteiger partial charge in [-0.25, -0.2) is 13.0 Å². The van der Waals surface area contributed by atoms with Gasteiger partial charge in [-0.05, 0) is 42.4 Å². The molecule has 0 aliphatic carbocycles. The monoisotopic (exact) mass is 397 g/mol. The largest absolute Gasteiger partial charge is 0.331 e. The van der Waals surface area contributed by atoms with Crippen molar-refractivity contribution in [3.8, 4) is 0 Å². The molecule has 0 spiro atoms. The molecule has 0 fully saturated rings. The van der Waals surface area contributed by atoms with Gasteiger partial charge >= 0.3 is 10.2 Å². The average molecular weight is 397 g/mol. The lowest BCUT2D eigenvalue weighted by molar-refractivity contribution is 0.590. The third-order valence-corrected chi connectivity index (χ3v) is 6.42. The van der Waals surface area contributed by atoms with Crippen LogP contribution in [0.1, 0.15) is 11.1 Å². The van der Waals surface area contributed by atoms with E-state index in [2.05, 4.69) is 5.32 Å². The van der Waals surface area contributed by atoms with Gasteiger partial charge in [-0.2, -0.15) is 8.42 Å². The van der Waals surface area contributed by atoms with Crippen LogP contribution in [0.15, 0.2) is 72.8 Å². The molecule has 3 aromatic rings. The summed E-state index contributed by atoms with van der Waals surface area (Å²) in [6.07, 6.45) is 0. The number of anilines is 3. The third-order valence-electron chi connectivity index (χ3n) is 4.68. The van der Waals surface area contributed by atoms with E-state index < -0.39 is 16.0 Å². The lowest BCUT2D eigenvalue weighted by Crippen LogP contribution is -2.35. The molecule has 3 aromatic carbocycles. The molecule has 0 aromatic heterocycles. The van der Waals surface area contributed by atoms with Gasteiger partial charge in [0.25, 0.3) is 0 Å². The molecule has 0 bridgehead atoms. The zero-order valence-corrected chi connectivity index (χ0v) is 16.2. The quantitative estimate of drug-likeness (QED) is 0.709. The number of hydrogen-bond acceptors (Lipinski definition) is 3. The summed E-state index contributed by atoms with van der Waals surface area (Å²) >= 11 is 0. The number of halogens is 1. The van der Waals surface area contributed by atoms with Crippen LogP contribution in [-0.4, -0.2) is 15.5 Å². The Morgan fingerprint density at radius 3 is 2.04 bits per heavy atom. The van der Waals surface area contributed by atoms with Crippen molar-refractivity contribution in [2.24, 2.45) is 0 Å². The first-order valence-corrected chi connectivity index (χ1v) is 10.3. The molecule has 4 rings (SSSR count). The average Bonchev–Trinajstić information content (AvgIpc) is 2.91. The molecule has 7 heteroatoms. The highest BCUT2D eigenvalue weighted by atomic mass is 32.2. The standard InChI is InChI=1S/C21H20FN3O2S/c1-23-14-16-10-12-17(13-11-16)15-24-20-8-4-5-9-21(20)25(28(24,26)27)19-7-3-2-6-18(19)22/h2-13,23H,14-15H2,1H3. The highest BCUT2D eigenvalue weighted by Gasteiger charge is 2.42. The zero-order chi connectivity index (χ0) is 19.7.